The first-order valence-electron chi connectivity index (χ1n) is 3.21. The van der Waals surface area contributed by atoms with Crippen molar-refractivity contribution in [2.75, 3.05) is 0 Å². The third-order valence-electron chi connectivity index (χ3n) is 1.59. The van der Waals surface area contributed by atoms with E-state index < -0.39 is 0 Å². The van der Waals surface area contributed by atoms with Crippen LogP contribution in [0.15, 0.2) is 0 Å². The number of aryl methyl sites for hydroxylation is 2. The Balaban J connectivity index is 3.39. The molecule has 58 valence electrons. The Hall–Kier alpha value is -0.960. The van der Waals surface area contributed by atoms with E-state index >= 15 is 0 Å². The van der Waals surface area contributed by atoms with E-state index in [0.29, 0.717) is 11.1 Å². The Labute approximate surface area is 68.9 Å². The summed E-state index contributed by atoms with van der Waals surface area (Å²) in [6.07, 6.45) is 1.48. The molecule has 0 saturated heterocycles. The molecule has 1 rings (SSSR count). The standard InChI is InChI=1S/C8H8O2S/c1-5-7(3-9)8(4-10)6(2)11-5/h3-4H,1-2H3. The van der Waals surface area contributed by atoms with Gasteiger partial charge < -0.3 is 0 Å². The summed E-state index contributed by atoms with van der Waals surface area (Å²) in [6, 6.07) is 0. The molecule has 0 radical (unpaired) electrons. The molecule has 1 aromatic rings. The van der Waals surface area contributed by atoms with E-state index in [1.165, 1.54) is 11.3 Å². The monoisotopic (exact) mass is 168 g/mol. The van der Waals surface area contributed by atoms with Gasteiger partial charge in [0.1, 0.15) is 0 Å². The first-order valence-corrected chi connectivity index (χ1v) is 4.02. The van der Waals surface area contributed by atoms with Gasteiger partial charge in [0, 0.05) is 20.9 Å². The molecule has 0 aliphatic carbocycles. The second-order valence-electron chi connectivity index (χ2n) is 2.28. The van der Waals surface area contributed by atoms with E-state index in [-0.39, 0.29) is 0 Å². The van der Waals surface area contributed by atoms with Gasteiger partial charge in [0.2, 0.25) is 0 Å². The molecule has 0 aromatic carbocycles. The summed E-state index contributed by atoms with van der Waals surface area (Å²) in [5.41, 5.74) is 1.09. The molecular weight excluding hydrogens is 160 g/mol. The lowest BCUT2D eigenvalue weighted by Gasteiger charge is -1.86. The Kier molecular flexibility index (Phi) is 2.19. The third-order valence-corrected chi connectivity index (χ3v) is 2.64. The van der Waals surface area contributed by atoms with Gasteiger partial charge in [-0.2, -0.15) is 0 Å². The van der Waals surface area contributed by atoms with Gasteiger partial charge in [-0.05, 0) is 13.8 Å². The topological polar surface area (TPSA) is 34.1 Å². The summed E-state index contributed by atoms with van der Waals surface area (Å²) in [7, 11) is 0. The number of thiophene rings is 1. The van der Waals surface area contributed by atoms with Crippen molar-refractivity contribution in [1.82, 2.24) is 0 Å². The quantitative estimate of drug-likeness (QED) is 0.633. The maximum absolute atomic E-state index is 10.5. The highest BCUT2D eigenvalue weighted by Gasteiger charge is 2.10. The highest BCUT2D eigenvalue weighted by atomic mass is 32.1. The number of hydrogen-bond acceptors (Lipinski definition) is 3. The van der Waals surface area contributed by atoms with Crippen molar-refractivity contribution in [2.24, 2.45) is 0 Å². The third kappa shape index (κ3) is 1.24. The number of rotatable bonds is 2. The van der Waals surface area contributed by atoms with Crippen molar-refractivity contribution < 1.29 is 9.59 Å². The summed E-state index contributed by atoms with van der Waals surface area (Å²) in [5, 5.41) is 0. The van der Waals surface area contributed by atoms with Crippen LogP contribution in [0.2, 0.25) is 0 Å². The van der Waals surface area contributed by atoms with Crippen LogP contribution >= 0.6 is 11.3 Å². The molecule has 0 amide bonds. The molecule has 1 aromatic heterocycles. The Morgan fingerprint density at radius 1 is 1.00 bits per heavy atom. The first kappa shape index (κ1) is 8.14. The lowest BCUT2D eigenvalue weighted by molar-refractivity contribution is 0.109. The van der Waals surface area contributed by atoms with Gasteiger partial charge in [0.05, 0.1) is 0 Å². The molecule has 3 heteroatoms. The van der Waals surface area contributed by atoms with Gasteiger partial charge in [0.15, 0.2) is 12.6 Å². The smallest absolute Gasteiger partial charge is 0.151 e. The zero-order valence-corrected chi connectivity index (χ0v) is 7.20. The van der Waals surface area contributed by atoms with Crippen LogP contribution in [-0.4, -0.2) is 12.6 Å². The van der Waals surface area contributed by atoms with Crippen LogP contribution in [0.1, 0.15) is 30.5 Å². The molecule has 0 bridgehead atoms. The predicted octanol–water partition coefficient (Wildman–Crippen LogP) is 1.99. The molecule has 0 aliphatic heterocycles. The fourth-order valence-electron chi connectivity index (χ4n) is 1.01. The minimum Gasteiger partial charge on any atom is -0.298 e. The van der Waals surface area contributed by atoms with E-state index in [2.05, 4.69) is 0 Å². The summed E-state index contributed by atoms with van der Waals surface area (Å²) in [6.45, 7) is 3.68. The lowest BCUT2D eigenvalue weighted by Crippen LogP contribution is -1.87. The molecule has 0 saturated carbocycles. The number of hydrogen-bond donors (Lipinski definition) is 0. The number of carbonyl (C=O) groups excluding carboxylic acids is 2. The second kappa shape index (κ2) is 2.96. The van der Waals surface area contributed by atoms with Crippen molar-refractivity contribution in [3.63, 3.8) is 0 Å². The highest BCUT2D eigenvalue weighted by molar-refractivity contribution is 7.12. The van der Waals surface area contributed by atoms with Crippen molar-refractivity contribution in [3.8, 4) is 0 Å². The molecule has 1 heterocycles. The van der Waals surface area contributed by atoms with Crippen LogP contribution in [0.3, 0.4) is 0 Å². The average molecular weight is 168 g/mol. The van der Waals surface area contributed by atoms with E-state index in [1.807, 2.05) is 13.8 Å². The molecule has 0 N–H and O–H groups in total. The van der Waals surface area contributed by atoms with Crippen LogP contribution in [0.4, 0.5) is 0 Å². The summed E-state index contributed by atoms with van der Waals surface area (Å²) in [4.78, 5) is 22.8. The maximum atomic E-state index is 10.5. The average Bonchev–Trinajstić information content (AvgIpc) is 2.24. The fraction of sp³-hybridized carbons (Fsp3) is 0.250. The minimum absolute atomic E-state index is 0.544. The first-order chi connectivity index (χ1) is 5.20. The van der Waals surface area contributed by atoms with Crippen LogP contribution in [0, 0.1) is 13.8 Å². The maximum Gasteiger partial charge on any atom is 0.151 e. The van der Waals surface area contributed by atoms with E-state index in [9.17, 15) is 9.59 Å². The normalized spacial score (nSPS) is 9.64. The predicted molar refractivity (Wildman–Crippen MR) is 44.6 cm³/mol. The summed E-state index contributed by atoms with van der Waals surface area (Å²) in [5.74, 6) is 0. The van der Waals surface area contributed by atoms with Gasteiger partial charge >= 0.3 is 0 Å². The van der Waals surface area contributed by atoms with Crippen molar-refractivity contribution >= 4 is 23.9 Å². The molecule has 11 heavy (non-hydrogen) atoms. The van der Waals surface area contributed by atoms with E-state index in [0.717, 1.165) is 22.3 Å². The fourth-order valence-corrected chi connectivity index (χ4v) is 2.01. The van der Waals surface area contributed by atoms with Crippen LogP contribution in [0.25, 0.3) is 0 Å². The largest absolute Gasteiger partial charge is 0.298 e. The SMILES string of the molecule is Cc1sc(C)c(C=O)c1C=O. The van der Waals surface area contributed by atoms with Gasteiger partial charge in [-0.1, -0.05) is 0 Å². The minimum atomic E-state index is 0.544. The molecule has 0 atom stereocenters. The van der Waals surface area contributed by atoms with Crippen molar-refractivity contribution in [3.05, 3.63) is 20.9 Å². The van der Waals surface area contributed by atoms with E-state index in [4.69, 9.17) is 0 Å². The van der Waals surface area contributed by atoms with Gasteiger partial charge in [0.25, 0.3) is 0 Å². The van der Waals surface area contributed by atoms with Crippen LogP contribution in [0.5, 0.6) is 0 Å². The zero-order valence-electron chi connectivity index (χ0n) is 6.38. The second-order valence-corrected chi connectivity index (χ2v) is 3.71. The van der Waals surface area contributed by atoms with Crippen molar-refractivity contribution in [2.45, 2.75) is 13.8 Å². The zero-order chi connectivity index (χ0) is 8.43. The van der Waals surface area contributed by atoms with E-state index in [1.54, 1.807) is 0 Å². The molecule has 0 spiro atoms. The van der Waals surface area contributed by atoms with Gasteiger partial charge in [-0.15, -0.1) is 11.3 Å². The highest BCUT2D eigenvalue weighted by Crippen LogP contribution is 2.23. The van der Waals surface area contributed by atoms with Crippen molar-refractivity contribution in [1.29, 1.82) is 0 Å². The Bertz CT molecular complexity index is 271. The lowest BCUT2D eigenvalue weighted by atomic mass is 10.1. The molecule has 2 nitrogen and oxygen atoms in total. The van der Waals surface area contributed by atoms with Gasteiger partial charge in [-0.25, -0.2) is 0 Å². The Morgan fingerprint density at radius 2 is 1.36 bits per heavy atom. The molecule has 0 unspecified atom stereocenters. The Morgan fingerprint density at radius 3 is 1.64 bits per heavy atom. The van der Waals surface area contributed by atoms with Crippen LogP contribution < -0.4 is 0 Å². The van der Waals surface area contributed by atoms with Crippen LogP contribution in [-0.2, 0) is 0 Å². The molecular formula is C8H8O2S. The molecule has 0 aliphatic rings. The summed E-state index contributed by atoms with van der Waals surface area (Å²) >= 11 is 1.48. The molecule has 0 fully saturated rings. The van der Waals surface area contributed by atoms with Gasteiger partial charge in [-0.3, -0.25) is 9.59 Å². The number of carbonyl (C=O) groups is 2. The number of aldehydes is 2. The summed E-state index contributed by atoms with van der Waals surface area (Å²) < 4.78 is 0.